The SMILES string of the molecule is CCC1CCCCN1c1cc(C)nc(N2CCN(c3ccc(F)cc3)CC2)n1. The van der Waals surface area contributed by atoms with Gasteiger partial charge in [-0.15, -0.1) is 0 Å². The van der Waals surface area contributed by atoms with Crippen molar-refractivity contribution in [3.05, 3.63) is 41.8 Å². The maximum absolute atomic E-state index is 13.2. The zero-order valence-corrected chi connectivity index (χ0v) is 16.9. The average molecular weight is 384 g/mol. The zero-order valence-electron chi connectivity index (χ0n) is 16.9. The second-order valence-electron chi connectivity index (χ2n) is 7.87. The van der Waals surface area contributed by atoms with E-state index in [1.807, 2.05) is 12.1 Å². The van der Waals surface area contributed by atoms with Crippen LogP contribution in [0, 0.1) is 12.7 Å². The number of piperazine rings is 1. The van der Waals surface area contributed by atoms with Gasteiger partial charge in [-0.2, -0.15) is 4.98 Å². The van der Waals surface area contributed by atoms with Gasteiger partial charge in [0, 0.05) is 56.2 Å². The highest BCUT2D eigenvalue weighted by Crippen LogP contribution is 2.27. The van der Waals surface area contributed by atoms with Crippen LogP contribution in [0.15, 0.2) is 30.3 Å². The van der Waals surface area contributed by atoms with Crippen molar-refractivity contribution in [2.24, 2.45) is 0 Å². The van der Waals surface area contributed by atoms with Gasteiger partial charge in [0.15, 0.2) is 0 Å². The van der Waals surface area contributed by atoms with E-state index in [9.17, 15) is 4.39 Å². The minimum Gasteiger partial charge on any atom is -0.368 e. The number of halogens is 1. The minimum atomic E-state index is -0.189. The molecule has 0 spiro atoms. The lowest BCUT2D eigenvalue weighted by molar-refractivity contribution is 0.446. The molecule has 2 fully saturated rings. The third-order valence-electron chi connectivity index (χ3n) is 5.98. The highest BCUT2D eigenvalue weighted by atomic mass is 19.1. The zero-order chi connectivity index (χ0) is 19.5. The number of rotatable bonds is 4. The fourth-order valence-corrected chi connectivity index (χ4v) is 4.37. The molecule has 3 heterocycles. The molecule has 2 saturated heterocycles. The lowest BCUT2D eigenvalue weighted by atomic mass is 10.00. The molecule has 1 unspecified atom stereocenters. The highest BCUT2D eigenvalue weighted by Gasteiger charge is 2.25. The van der Waals surface area contributed by atoms with Crippen LogP contribution in [-0.4, -0.2) is 48.7 Å². The summed E-state index contributed by atoms with van der Waals surface area (Å²) in [5.41, 5.74) is 2.10. The first-order chi connectivity index (χ1) is 13.6. The molecule has 1 atom stereocenters. The lowest BCUT2D eigenvalue weighted by Gasteiger charge is -2.38. The monoisotopic (exact) mass is 383 g/mol. The molecule has 0 amide bonds. The lowest BCUT2D eigenvalue weighted by Crippen LogP contribution is -2.47. The van der Waals surface area contributed by atoms with Crippen molar-refractivity contribution >= 4 is 17.5 Å². The van der Waals surface area contributed by atoms with E-state index in [0.29, 0.717) is 6.04 Å². The Balaban J connectivity index is 1.47. The van der Waals surface area contributed by atoms with Crippen LogP contribution in [0.3, 0.4) is 0 Å². The fourth-order valence-electron chi connectivity index (χ4n) is 4.37. The Bertz CT molecular complexity index is 786. The number of aryl methyl sites for hydroxylation is 1. The number of piperidine rings is 1. The average Bonchev–Trinajstić information content (AvgIpc) is 2.74. The van der Waals surface area contributed by atoms with Gasteiger partial charge >= 0.3 is 0 Å². The van der Waals surface area contributed by atoms with Crippen molar-refractivity contribution in [2.75, 3.05) is 47.4 Å². The first kappa shape index (κ1) is 19.0. The molecule has 2 aliphatic rings. The molecule has 1 aromatic heterocycles. The van der Waals surface area contributed by atoms with Crippen molar-refractivity contribution in [2.45, 2.75) is 45.6 Å². The summed E-state index contributed by atoms with van der Waals surface area (Å²) in [4.78, 5) is 16.8. The van der Waals surface area contributed by atoms with E-state index in [0.717, 1.165) is 62.3 Å². The van der Waals surface area contributed by atoms with Gasteiger partial charge in [-0.25, -0.2) is 9.37 Å². The van der Waals surface area contributed by atoms with Gasteiger partial charge in [0.05, 0.1) is 0 Å². The van der Waals surface area contributed by atoms with Crippen LogP contribution in [0.5, 0.6) is 0 Å². The van der Waals surface area contributed by atoms with Crippen molar-refractivity contribution in [3.8, 4) is 0 Å². The number of hydrogen-bond donors (Lipinski definition) is 0. The smallest absolute Gasteiger partial charge is 0.227 e. The molecule has 4 rings (SSSR count). The van der Waals surface area contributed by atoms with Gasteiger partial charge in [0.25, 0.3) is 0 Å². The van der Waals surface area contributed by atoms with Crippen molar-refractivity contribution in [1.82, 2.24) is 9.97 Å². The molecular formula is C22H30FN5. The second kappa shape index (κ2) is 8.33. The van der Waals surface area contributed by atoms with E-state index < -0.39 is 0 Å². The first-order valence-electron chi connectivity index (χ1n) is 10.5. The van der Waals surface area contributed by atoms with Crippen LogP contribution >= 0.6 is 0 Å². The molecule has 6 heteroatoms. The molecule has 0 radical (unpaired) electrons. The molecule has 2 aromatic rings. The van der Waals surface area contributed by atoms with E-state index in [2.05, 4.69) is 34.6 Å². The molecule has 0 N–H and O–H groups in total. The molecule has 5 nitrogen and oxygen atoms in total. The molecule has 0 aliphatic carbocycles. The molecule has 0 saturated carbocycles. The topological polar surface area (TPSA) is 35.5 Å². The first-order valence-corrected chi connectivity index (χ1v) is 10.5. The largest absolute Gasteiger partial charge is 0.368 e. The number of benzene rings is 1. The molecule has 1 aromatic carbocycles. The summed E-state index contributed by atoms with van der Waals surface area (Å²) in [6, 6.07) is 9.49. The predicted octanol–water partition coefficient (Wildman–Crippen LogP) is 4.02. The summed E-state index contributed by atoms with van der Waals surface area (Å²) in [7, 11) is 0. The van der Waals surface area contributed by atoms with Crippen LogP contribution in [0.25, 0.3) is 0 Å². The van der Waals surface area contributed by atoms with E-state index in [-0.39, 0.29) is 5.82 Å². The Morgan fingerprint density at radius 2 is 1.68 bits per heavy atom. The Kier molecular flexibility index (Phi) is 5.64. The van der Waals surface area contributed by atoms with E-state index >= 15 is 0 Å². The summed E-state index contributed by atoms with van der Waals surface area (Å²) in [5, 5.41) is 0. The van der Waals surface area contributed by atoms with Crippen LogP contribution in [0.2, 0.25) is 0 Å². The van der Waals surface area contributed by atoms with Crippen LogP contribution in [-0.2, 0) is 0 Å². The summed E-state index contributed by atoms with van der Waals surface area (Å²) >= 11 is 0. The van der Waals surface area contributed by atoms with Gasteiger partial charge in [-0.3, -0.25) is 0 Å². The predicted molar refractivity (Wildman–Crippen MR) is 113 cm³/mol. The Labute approximate surface area is 167 Å². The third-order valence-corrected chi connectivity index (χ3v) is 5.98. The third kappa shape index (κ3) is 4.05. The van der Waals surface area contributed by atoms with Crippen molar-refractivity contribution < 1.29 is 4.39 Å². The van der Waals surface area contributed by atoms with E-state index in [1.165, 1.54) is 31.4 Å². The van der Waals surface area contributed by atoms with Gasteiger partial charge in [-0.1, -0.05) is 6.92 Å². The van der Waals surface area contributed by atoms with Crippen molar-refractivity contribution in [3.63, 3.8) is 0 Å². The molecule has 28 heavy (non-hydrogen) atoms. The Morgan fingerprint density at radius 3 is 2.39 bits per heavy atom. The molecular weight excluding hydrogens is 353 g/mol. The van der Waals surface area contributed by atoms with Gasteiger partial charge in [0.1, 0.15) is 11.6 Å². The Hall–Kier alpha value is -2.37. The normalized spacial score (nSPS) is 20.5. The summed E-state index contributed by atoms with van der Waals surface area (Å²) in [6.07, 6.45) is 4.97. The summed E-state index contributed by atoms with van der Waals surface area (Å²) in [6.45, 7) is 8.95. The molecule has 0 bridgehead atoms. The number of aromatic nitrogens is 2. The van der Waals surface area contributed by atoms with E-state index in [4.69, 9.17) is 9.97 Å². The maximum atomic E-state index is 13.2. The maximum Gasteiger partial charge on any atom is 0.227 e. The number of anilines is 3. The number of nitrogens with zero attached hydrogens (tertiary/aromatic N) is 5. The highest BCUT2D eigenvalue weighted by molar-refractivity contribution is 5.50. The van der Waals surface area contributed by atoms with Gasteiger partial charge in [0.2, 0.25) is 5.95 Å². The quantitative estimate of drug-likeness (QED) is 0.797. The van der Waals surface area contributed by atoms with Gasteiger partial charge < -0.3 is 14.7 Å². The van der Waals surface area contributed by atoms with Crippen molar-refractivity contribution in [1.29, 1.82) is 0 Å². The van der Waals surface area contributed by atoms with Gasteiger partial charge in [-0.05, 0) is 56.9 Å². The molecule has 150 valence electrons. The second-order valence-corrected chi connectivity index (χ2v) is 7.87. The number of hydrogen-bond acceptors (Lipinski definition) is 5. The van der Waals surface area contributed by atoms with E-state index in [1.54, 1.807) is 0 Å². The standard InChI is InChI=1S/C22H30FN5/c1-3-19-6-4-5-11-28(19)21-16-17(2)24-22(25-21)27-14-12-26(13-15-27)20-9-7-18(23)8-10-20/h7-10,16,19H,3-6,11-15H2,1-2H3. The van der Waals surface area contributed by atoms with Crippen LogP contribution in [0.1, 0.15) is 38.3 Å². The minimum absolute atomic E-state index is 0.189. The van der Waals surface area contributed by atoms with Crippen LogP contribution < -0.4 is 14.7 Å². The summed E-state index contributed by atoms with van der Waals surface area (Å²) in [5.74, 6) is 1.73. The fraction of sp³-hybridized carbons (Fsp3) is 0.545. The Morgan fingerprint density at radius 1 is 0.964 bits per heavy atom. The molecule has 2 aliphatic heterocycles. The summed E-state index contributed by atoms with van der Waals surface area (Å²) < 4.78 is 13.2. The van der Waals surface area contributed by atoms with Crippen LogP contribution in [0.4, 0.5) is 21.8 Å².